The summed E-state index contributed by atoms with van der Waals surface area (Å²) in [5.41, 5.74) is 3.28. The molecule has 0 spiro atoms. The number of thioether (sulfide) groups is 1. The molecular formula is C21H15FN6OS2. The molecule has 10 heteroatoms. The number of nitrogens with zero attached hydrogens (tertiary/aromatic N) is 4. The number of aromatic amines is 1. The monoisotopic (exact) mass is 450 g/mol. The summed E-state index contributed by atoms with van der Waals surface area (Å²) in [6.07, 6.45) is 2.35. The van der Waals surface area contributed by atoms with Crippen LogP contribution < -0.4 is 5.32 Å². The van der Waals surface area contributed by atoms with Gasteiger partial charge in [0.2, 0.25) is 11.1 Å². The molecule has 0 atom stereocenters. The van der Waals surface area contributed by atoms with Crippen LogP contribution in [0.5, 0.6) is 0 Å². The fourth-order valence-electron chi connectivity index (χ4n) is 3.10. The van der Waals surface area contributed by atoms with E-state index < -0.39 is 0 Å². The second-order valence-corrected chi connectivity index (χ2v) is 8.79. The van der Waals surface area contributed by atoms with Crippen LogP contribution in [0.1, 0.15) is 10.4 Å². The summed E-state index contributed by atoms with van der Waals surface area (Å²) in [5.74, 6) is -0.324. The average molecular weight is 451 g/mol. The summed E-state index contributed by atoms with van der Waals surface area (Å²) >= 11 is 2.60. The van der Waals surface area contributed by atoms with Gasteiger partial charge in [-0.05, 0) is 23.8 Å². The van der Waals surface area contributed by atoms with E-state index in [1.807, 2.05) is 24.3 Å². The highest BCUT2D eigenvalue weighted by atomic mass is 32.2. The van der Waals surface area contributed by atoms with E-state index in [0.717, 1.165) is 21.3 Å². The highest BCUT2D eigenvalue weighted by molar-refractivity contribution is 7.99. The molecule has 0 fully saturated rings. The first-order valence-electron chi connectivity index (χ1n) is 9.37. The summed E-state index contributed by atoms with van der Waals surface area (Å²) in [5, 5.41) is 13.1. The van der Waals surface area contributed by atoms with E-state index in [-0.39, 0.29) is 17.5 Å². The van der Waals surface area contributed by atoms with Crippen molar-refractivity contribution in [3.05, 3.63) is 71.0 Å². The van der Waals surface area contributed by atoms with Gasteiger partial charge in [0.15, 0.2) is 10.8 Å². The lowest BCUT2D eigenvalue weighted by Gasteiger charge is -2.01. The Morgan fingerprint density at radius 1 is 1.13 bits per heavy atom. The van der Waals surface area contributed by atoms with Gasteiger partial charge in [-0.15, -0.1) is 21.5 Å². The van der Waals surface area contributed by atoms with Crippen LogP contribution in [0.2, 0.25) is 0 Å². The van der Waals surface area contributed by atoms with Crippen LogP contribution in [0.4, 0.5) is 9.52 Å². The Bertz CT molecular complexity index is 1380. The van der Waals surface area contributed by atoms with Crippen molar-refractivity contribution in [2.45, 2.75) is 11.6 Å². The molecule has 0 aliphatic carbocycles. The molecule has 7 nitrogen and oxygen atoms in total. The molecule has 0 saturated carbocycles. The normalized spacial score (nSPS) is 11.3. The molecule has 0 aliphatic heterocycles. The fourth-order valence-corrected chi connectivity index (χ4v) is 4.55. The lowest BCUT2D eigenvalue weighted by Crippen LogP contribution is -2.14. The molecule has 0 unspecified atom stereocenters. The number of halogens is 1. The van der Waals surface area contributed by atoms with E-state index in [1.165, 1.54) is 35.2 Å². The number of nitrogens with one attached hydrogen (secondary N) is 2. The van der Waals surface area contributed by atoms with E-state index in [1.54, 1.807) is 18.3 Å². The third kappa shape index (κ3) is 4.39. The molecule has 154 valence electrons. The van der Waals surface area contributed by atoms with Gasteiger partial charge >= 0.3 is 0 Å². The van der Waals surface area contributed by atoms with Gasteiger partial charge in [-0.25, -0.2) is 14.4 Å². The van der Waals surface area contributed by atoms with E-state index in [0.29, 0.717) is 27.9 Å². The number of para-hydroxylation sites is 1. The van der Waals surface area contributed by atoms with E-state index in [2.05, 4.69) is 30.5 Å². The number of hydrogen-bond acceptors (Lipinski definition) is 7. The van der Waals surface area contributed by atoms with Crippen molar-refractivity contribution in [3.63, 3.8) is 0 Å². The molecule has 5 rings (SSSR count). The maximum absolute atomic E-state index is 13.0. The fraction of sp³-hybridized carbons (Fsp3) is 0.0952. The van der Waals surface area contributed by atoms with Crippen LogP contribution in [0, 0.1) is 5.82 Å². The van der Waals surface area contributed by atoms with Gasteiger partial charge in [0, 0.05) is 28.4 Å². The van der Waals surface area contributed by atoms with Crippen molar-refractivity contribution in [3.8, 4) is 0 Å². The van der Waals surface area contributed by atoms with Gasteiger partial charge < -0.3 is 10.3 Å². The maximum atomic E-state index is 13.0. The average Bonchev–Trinajstić information content (AvgIpc) is 3.37. The van der Waals surface area contributed by atoms with E-state index >= 15 is 0 Å². The lowest BCUT2D eigenvalue weighted by molar-refractivity contribution is -0.113. The molecule has 2 N–H and O–H groups in total. The number of fused-ring (bicyclic) bond motifs is 3. The molecule has 3 heterocycles. The quantitative estimate of drug-likeness (QED) is 0.372. The summed E-state index contributed by atoms with van der Waals surface area (Å²) in [4.78, 5) is 25.2. The smallest absolute Gasteiger partial charge is 0.236 e. The Balaban J connectivity index is 1.19. The van der Waals surface area contributed by atoms with Crippen LogP contribution in [-0.2, 0) is 11.2 Å². The topological polar surface area (TPSA) is 96.5 Å². The van der Waals surface area contributed by atoms with Gasteiger partial charge in [0.25, 0.3) is 0 Å². The number of rotatable bonds is 6. The second kappa shape index (κ2) is 8.40. The molecule has 0 saturated heterocycles. The Hall–Kier alpha value is -3.37. The first kappa shape index (κ1) is 19.6. The Labute approximate surface area is 184 Å². The standard InChI is InChI=1S/C21H15FN6OS2/c22-13-7-5-12(6-8-13)9-14-10-23-20(31-14)25-17(29)11-30-21-26-19-18(27-28-21)15-3-1-2-4-16(15)24-19/h1-8,10H,9,11H2,(H,23,25,29)(H,24,26,28). The molecule has 0 aliphatic rings. The first-order chi connectivity index (χ1) is 15.1. The van der Waals surface area contributed by atoms with Gasteiger partial charge in [-0.2, -0.15) is 0 Å². The predicted octanol–water partition coefficient (Wildman–Crippen LogP) is 4.42. The molecule has 5 aromatic rings. The van der Waals surface area contributed by atoms with Crippen LogP contribution >= 0.6 is 23.1 Å². The zero-order chi connectivity index (χ0) is 21.2. The highest BCUT2D eigenvalue weighted by Gasteiger charge is 2.12. The number of amides is 1. The third-order valence-electron chi connectivity index (χ3n) is 4.53. The molecular weight excluding hydrogens is 435 g/mol. The SMILES string of the molecule is O=C(CSc1nnc2c(n1)[nH]c1ccccc12)Nc1ncc(Cc2ccc(F)cc2)s1. The van der Waals surface area contributed by atoms with Crippen molar-refractivity contribution >= 4 is 56.2 Å². The summed E-state index contributed by atoms with van der Waals surface area (Å²) < 4.78 is 13.0. The van der Waals surface area contributed by atoms with Gasteiger partial charge in [-0.3, -0.25) is 4.79 Å². The van der Waals surface area contributed by atoms with Crippen LogP contribution in [0.25, 0.3) is 22.1 Å². The molecule has 0 bridgehead atoms. The van der Waals surface area contributed by atoms with Gasteiger partial charge in [0.05, 0.1) is 5.75 Å². The van der Waals surface area contributed by atoms with Gasteiger partial charge in [0.1, 0.15) is 11.3 Å². The van der Waals surface area contributed by atoms with Crippen molar-refractivity contribution in [1.82, 2.24) is 25.1 Å². The summed E-state index contributed by atoms with van der Waals surface area (Å²) in [7, 11) is 0. The Kier molecular flexibility index (Phi) is 5.31. The Morgan fingerprint density at radius 3 is 2.84 bits per heavy atom. The highest BCUT2D eigenvalue weighted by Crippen LogP contribution is 2.24. The molecule has 2 aromatic carbocycles. The van der Waals surface area contributed by atoms with Crippen molar-refractivity contribution in [1.29, 1.82) is 0 Å². The number of benzene rings is 2. The first-order valence-corrected chi connectivity index (χ1v) is 11.2. The largest absolute Gasteiger partial charge is 0.338 e. The predicted molar refractivity (Wildman–Crippen MR) is 120 cm³/mol. The number of carbonyl (C=O) groups is 1. The van der Waals surface area contributed by atoms with Crippen LogP contribution in [0.3, 0.4) is 0 Å². The Morgan fingerprint density at radius 2 is 1.97 bits per heavy atom. The third-order valence-corrected chi connectivity index (χ3v) is 6.28. The minimum Gasteiger partial charge on any atom is -0.338 e. The molecule has 1 amide bonds. The minimum absolute atomic E-state index is 0.139. The summed E-state index contributed by atoms with van der Waals surface area (Å²) in [6, 6.07) is 14.1. The molecule has 0 radical (unpaired) electrons. The number of aromatic nitrogens is 5. The van der Waals surface area contributed by atoms with E-state index in [4.69, 9.17) is 0 Å². The number of H-pyrrole nitrogens is 1. The second-order valence-electron chi connectivity index (χ2n) is 6.73. The lowest BCUT2D eigenvalue weighted by atomic mass is 10.1. The van der Waals surface area contributed by atoms with Crippen LogP contribution in [0.15, 0.2) is 59.9 Å². The number of hydrogen-bond donors (Lipinski definition) is 2. The van der Waals surface area contributed by atoms with Crippen LogP contribution in [-0.4, -0.2) is 36.8 Å². The van der Waals surface area contributed by atoms with Crippen molar-refractivity contribution < 1.29 is 9.18 Å². The summed E-state index contributed by atoms with van der Waals surface area (Å²) in [6.45, 7) is 0. The minimum atomic E-state index is -0.263. The maximum Gasteiger partial charge on any atom is 0.236 e. The van der Waals surface area contributed by atoms with Crippen molar-refractivity contribution in [2.24, 2.45) is 0 Å². The molecule has 3 aromatic heterocycles. The zero-order valence-electron chi connectivity index (χ0n) is 16.0. The number of thiazole rings is 1. The van der Waals surface area contributed by atoms with Crippen molar-refractivity contribution in [2.75, 3.05) is 11.1 Å². The number of anilines is 1. The zero-order valence-corrected chi connectivity index (χ0v) is 17.6. The van der Waals surface area contributed by atoms with Gasteiger partial charge in [-0.1, -0.05) is 42.1 Å². The molecule has 31 heavy (non-hydrogen) atoms. The number of carbonyl (C=O) groups excluding carboxylic acids is 1. The van der Waals surface area contributed by atoms with E-state index in [9.17, 15) is 9.18 Å².